The summed E-state index contributed by atoms with van der Waals surface area (Å²) in [6, 6.07) is 7.18. The molecule has 0 atom stereocenters. The van der Waals surface area contributed by atoms with Gasteiger partial charge in [0.1, 0.15) is 5.69 Å². The molecule has 82 valence electrons. The Bertz CT molecular complexity index is 590. The van der Waals surface area contributed by atoms with Gasteiger partial charge in [-0.1, -0.05) is 29.8 Å². The van der Waals surface area contributed by atoms with Crippen molar-refractivity contribution in [2.24, 2.45) is 0 Å². The van der Waals surface area contributed by atoms with Gasteiger partial charge in [-0.2, -0.15) is 0 Å². The second kappa shape index (κ2) is 4.10. The molecule has 0 spiro atoms. The molecule has 1 heterocycles. The Labute approximate surface area is 98.1 Å². The average Bonchev–Trinajstić information content (AvgIpc) is 2.25. The molecule has 2 aromatic rings. The Balaban J connectivity index is 2.70. The second-order valence-electron chi connectivity index (χ2n) is 3.60. The van der Waals surface area contributed by atoms with Crippen LogP contribution in [0.3, 0.4) is 0 Å². The lowest BCUT2D eigenvalue weighted by Crippen LogP contribution is -2.14. The van der Waals surface area contributed by atoms with Gasteiger partial charge in [-0.05, 0) is 19.9 Å². The lowest BCUT2D eigenvalue weighted by atomic mass is 10.1. The van der Waals surface area contributed by atoms with Gasteiger partial charge in [0.2, 0.25) is 0 Å². The average molecular weight is 235 g/mol. The van der Waals surface area contributed by atoms with Crippen LogP contribution in [0.2, 0.25) is 5.02 Å². The predicted octanol–water partition coefficient (Wildman–Crippen LogP) is 2.71. The van der Waals surface area contributed by atoms with Crippen molar-refractivity contribution in [1.82, 2.24) is 9.97 Å². The number of aryl methyl sites for hydroxylation is 2. The zero-order chi connectivity index (χ0) is 11.7. The number of nitrogens with zero attached hydrogens (tertiary/aromatic N) is 1. The monoisotopic (exact) mass is 234 g/mol. The number of hydrogen-bond acceptors (Lipinski definition) is 2. The van der Waals surface area contributed by atoms with Crippen molar-refractivity contribution in [2.45, 2.75) is 13.8 Å². The van der Waals surface area contributed by atoms with E-state index in [1.807, 2.05) is 26.0 Å². The van der Waals surface area contributed by atoms with E-state index in [0.717, 1.165) is 11.4 Å². The summed E-state index contributed by atoms with van der Waals surface area (Å²) in [7, 11) is 0. The molecule has 0 bridgehead atoms. The number of rotatable bonds is 1. The topological polar surface area (TPSA) is 45.8 Å². The minimum atomic E-state index is -0.212. The van der Waals surface area contributed by atoms with Crippen molar-refractivity contribution in [2.75, 3.05) is 0 Å². The number of hydrogen-bond donors (Lipinski definition) is 1. The SMILES string of the molecule is Cc1nc(-c2ccccc2Cl)c(=O)[nH]c1C. The Morgan fingerprint density at radius 3 is 2.62 bits per heavy atom. The van der Waals surface area contributed by atoms with Crippen LogP contribution in [0.4, 0.5) is 0 Å². The van der Waals surface area contributed by atoms with Gasteiger partial charge in [0, 0.05) is 11.3 Å². The van der Waals surface area contributed by atoms with E-state index in [-0.39, 0.29) is 5.56 Å². The summed E-state index contributed by atoms with van der Waals surface area (Å²) in [5.74, 6) is 0. The minimum Gasteiger partial charge on any atom is -0.323 e. The van der Waals surface area contributed by atoms with Crippen LogP contribution in [0.1, 0.15) is 11.4 Å². The fraction of sp³-hybridized carbons (Fsp3) is 0.167. The Morgan fingerprint density at radius 1 is 1.25 bits per heavy atom. The molecule has 1 aromatic heterocycles. The molecule has 0 fully saturated rings. The fourth-order valence-corrected chi connectivity index (χ4v) is 1.68. The number of aromatic nitrogens is 2. The van der Waals surface area contributed by atoms with E-state index >= 15 is 0 Å². The second-order valence-corrected chi connectivity index (χ2v) is 4.01. The summed E-state index contributed by atoms with van der Waals surface area (Å²) in [5, 5.41) is 0.531. The number of nitrogens with one attached hydrogen (secondary N) is 1. The molecule has 0 aliphatic heterocycles. The molecule has 4 heteroatoms. The Morgan fingerprint density at radius 2 is 1.94 bits per heavy atom. The van der Waals surface area contributed by atoms with Crippen LogP contribution in [0.15, 0.2) is 29.1 Å². The first-order valence-electron chi connectivity index (χ1n) is 4.92. The summed E-state index contributed by atoms with van der Waals surface area (Å²) < 4.78 is 0. The van der Waals surface area contributed by atoms with Crippen molar-refractivity contribution in [3.05, 3.63) is 51.0 Å². The summed E-state index contributed by atoms with van der Waals surface area (Å²) in [4.78, 5) is 18.8. The molecule has 0 amide bonds. The highest BCUT2D eigenvalue weighted by Crippen LogP contribution is 2.23. The highest BCUT2D eigenvalue weighted by Gasteiger charge is 2.10. The molecule has 2 rings (SSSR count). The first kappa shape index (κ1) is 10.9. The van der Waals surface area contributed by atoms with Crippen LogP contribution < -0.4 is 5.56 Å². The van der Waals surface area contributed by atoms with Gasteiger partial charge in [0.25, 0.3) is 5.56 Å². The highest BCUT2D eigenvalue weighted by molar-refractivity contribution is 6.33. The molecule has 0 aliphatic rings. The van der Waals surface area contributed by atoms with E-state index in [1.165, 1.54) is 0 Å². The third kappa shape index (κ3) is 1.86. The van der Waals surface area contributed by atoms with E-state index in [4.69, 9.17) is 11.6 Å². The molecule has 1 N–H and O–H groups in total. The van der Waals surface area contributed by atoms with Gasteiger partial charge in [0.05, 0.1) is 10.7 Å². The maximum Gasteiger partial charge on any atom is 0.274 e. The number of aromatic amines is 1. The van der Waals surface area contributed by atoms with Crippen LogP contribution in [0.25, 0.3) is 11.3 Å². The van der Waals surface area contributed by atoms with E-state index in [0.29, 0.717) is 16.3 Å². The van der Waals surface area contributed by atoms with Gasteiger partial charge in [0.15, 0.2) is 0 Å². The molecule has 1 aromatic carbocycles. The third-order valence-electron chi connectivity index (χ3n) is 2.47. The molecule has 0 aliphatic carbocycles. The lowest BCUT2D eigenvalue weighted by molar-refractivity contribution is 1.02. The normalized spacial score (nSPS) is 10.4. The summed E-state index contributed by atoms with van der Waals surface area (Å²) >= 11 is 6.03. The predicted molar refractivity (Wildman–Crippen MR) is 64.8 cm³/mol. The van der Waals surface area contributed by atoms with Crippen molar-refractivity contribution in [1.29, 1.82) is 0 Å². The molecular formula is C12H11ClN2O. The Kier molecular flexibility index (Phi) is 2.79. The molecule has 0 unspecified atom stereocenters. The van der Waals surface area contributed by atoms with Crippen LogP contribution in [-0.2, 0) is 0 Å². The van der Waals surface area contributed by atoms with Gasteiger partial charge < -0.3 is 4.98 Å². The summed E-state index contributed by atoms with van der Waals surface area (Å²) in [5.41, 5.74) is 2.40. The number of halogens is 1. The molecule has 16 heavy (non-hydrogen) atoms. The van der Waals surface area contributed by atoms with Crippen LogP contribution in [-0.4, -0.2) is 9.97 Å². The molecule has 0 radical (unpaired) electrons. The molecule has 0 saturated carbocycles. The third-order valence-corrected chi connectivity index (χ3v) is 2.80. The van der Waals surface area contributed by atoms with Crippen molar-refractivity contribution >= 4 is 11.6 Å². The minimum absolute atomic E-state index is 0.212. The van der Waals surface area contributed by atoms with E-state index in [1.54, 1.807) is 12.1 Å². The standard InChI is InChI=1S/C12H11ClN2O/c1-7-8(2)15-12(16)11(14-7)9-5-3-4-6-10(9)13/h3-6H,1-2H3,(H,15,16). The molecular weight excluding hydrogens is 224 g/mol. The first-order chi connectivity index (χ1) is 7.59. The highest BCUT2D eigenvalue weighted by atomic mass is 35.5. The van der Waals surface area contributed by atoms with Crippen LogP contribution >= 0.6 is 11.6 Å². The van der Waals surface area contributed by atoms with Crippen molar-refractivity contribution in [3.63, 3.8) is 0 Å². The van der Waals surface area contributed by atoms with Gasteiger partial charge in [-0.3, -0.25) is 4.79 Å². The summed E-state index contributed by atoms with van der Waals surface area (Å²) in [6.45, 7) is 3.67. The molecule has 0 saturated heterocycles. The van der Waals surface area contributed by atoms with Gasteiger partial charge in [-0.25, -0.2) is 4.98 Å². The fourth-order valence-electron chi connectivity index (χ4n) is 1.46. The zero-order valence-electron chi connectivity index (χ0n) is 9.04. The zero-order valence-corrected chi connectivity index (χ0v) is 9.80. The van der Waals surface area contributed by atoms with Crippen LogP contribution in [0.5, 0.6) is 0 Å². The van der Waals surface area contributed by atoms with Crippen molar-refractivity contribution in [3.8, 4) is 11.3 Å². The maximum absolute atomic E-state index is 11.8. The largest absolute Gasteiger partial charge is 0.323 e. The quantitative estimate of drug-likeness (QED) is 0.825. The van der Waals surface area contributed by atoms with Crippen molar-refractivity contribution < 1.29 is 0 Å². The number of benzene rings is 1. The summed E-state index contributed by atoms with van der Waals surface area (Å²) in [6.07, 6.45) is 0. The molecule has 3 nitrogen and oxygen atoms in total. The van der Waals surface area contributed by atoms with E-state index < -0.39 is 0 Å². The van der Waals surface area contributed by atoms with Gasteiger partial charge >= 0.3 is 0 Å². The Hall–Kier alpha value is -1.61. The smallest absolute Gasteiger partial charge is 0.274 e. The number of H-pyrrole nitrogens is 1. The lowest BCUT2D eigenvalue weighted by Gasteiger charge is -2.05. The van der Waals surface area contributed by atoms with E-state index in [9.17, 15) is 4.79 Å². The van der Waals surface area contributed by atoms with E-state index in [2.05, 4.69) is 9.97 Å². The maximum atomic E-state index is 11.8. The van der Waals surface area contributed by atoms with Gasteiger partial charge in [-0.15, -0.1) is 0 Å². The first-order valence-corrected chi connectivity index (χ1v) is 5.30. The van der Waals surface area contributed by atoms with Crippen LogP contribution in [0, 0.1) is 13.8 Å².